The van der Waals surface area contributed by atoms with Gasteiger partial charge in [-0.15, -0.1) is 0 Å². The maximum absolute atomic E-state index is 13.2. The van der Waals surface area contributed by atoms with E-state index in [9.17, 15) is 9.59 Å². The molecule has 2 heterocycles. The minimum Gasteiger partial charge on any atom is -0.496 e. The number of carbonyl (C=O) groups excluding carboxylic acids is 1. The highest BCUT2D eigenvalue weighted by Crippen LogP contribution is 2.24. The zero-order valence-electron chi connectivity index (χ0n) is 16.5. The predicted octanol–water partition coefficient (Wildman–Crippen LogP) is 4.07. The average Bonchev–Trinajstić information content (AvgIpc) is 2.77. The van der Waals surface area contributed by atoms with Crippen molar-refractivity contribution in [2.45, 2.75) is 12.1 Å². The summed E-state index contributed by atoms with van der Waals surface area (Å²) in [6, 6.07) is 17.9. The van der Waals surface area contributed by atoms with Crippen molar-refractivity contribution in [2.24, 2.45) is 0 Å². The third kappa shape index (κ3) is 3.84. The third-order valence-electron chi connectivity index (χ3n) is 4.61. The van der Waals surface area contributed by atoms with Crippen LogP contribution in [0.3, 0.4) is 0 Å². The molecule has 0 aliphatic rings. The van der Waals surface area contributed by atoms with E-state index in [0.29, 0.717) is 33.2 Å². The van der Waals surface area contributed by atoms with E-state index in [1.54, 1.807) is 42.6 Å². The van der Waals surface area contributed by atoms with Crippen molar-refractivity contribution in [3.05, 3.63) is 88.3 Å². The van der Waals surface area contributed by atoms with E-state index in [2.05, 4.69) is 9.97 Å². The predicted molar refractivity (Wildman–Crippen MR) is 118 cm³/mol. The lowest BCUT2D eigenvalue weighted by atomic mass is 10.1. The van der Waals surface area contributed by atoms with Crippen molar-refractivity contribution in [3.8, 4) is 11.6 Å². The van der Waals surface area contributed by atoms with E-state index in [1.165, 1.54) is 23.4 Å². The Morgan fingerprint density at radius 1 is 1.10 bits per heavy atom. The summed E-state index contributed by atoms with van der Waals surface area (Å²) in [7, 11) is 1.53. The molecule has 0 aliphatic heterocycles. The first-order chi connectivity index (χ1) is 14.6. The number of para-hydroxylation sites is 2. The van der Waals surface area contributed by atoms with Crippen molar-refractivity contribution in [3.63, 3.8) is 0 Å². The second kappa shape index (κ2) is 8.51. The molecule has 0 N–H and O–H groups in total. The number of pyridine rings is 1. The molecule has 0 fully saturated rings. The zero-order valence-corrected chi connectivity index (χ0v) is 17.3. The van der Waals surface area contributed by atoms with Gasteiger partial charge in [0.15, 0.2) is 10.9 Å². The van der Waals surface area contributed by atoms with Crippen LogP contribution in [0.1, 0.15) is 15.9 Å². The van der Waals surface area contributed by atoms with Gasteiger partial charge in [-0.05, 0) is 48.9 Å². The van der Waals surface area contributed by atoms with Crippen LogP contribution in [-0.4, -0.2) is 33.2 Å². The van der Waals surface area contributed by atoms with Crippen LogP contribution in [0, 0.1) is 6.92 Å². The van der Waals surface area contributed by atoms with Crippen molar-refractivity contribution in [2.75, 3.05) is 12.9 Å². The van der Waals surface area contributed by atoms with E-state index in [4.69, 9.17) is 4.74 Å². The van der Waals surface area contributed by atoms with Crippen LogP contribution in [0.5, 0.6) is 5.75 Å². The molecule has 150 valence electrons. The third-order valence-corrected chi connectivity index (χ3v) is 5.55. The van der Waals surface area contributed by atoms with Gasteiger partial charge in [0.1, 0.15) is 11.6 Å². The molecule has 0 spiro atoms. The van der Waals surface area contributed by atoms with Gasteiger partial charge in [-0.25, -0.2) is 14.5 Å². The smallest absolute Gasteiger partial charge is 0.267 e. The summed E-state index contributed by atoms with van der Waals surface area (Å²) in [5.41, 5.74) is 1.83. The Hall–Kier alpha value is -3.45. The largest absolute Gasteiger partial charge is 0.496 e. The minimum atomic E-state index is -0.217. The molecular formula is C23H19N3O3S. The van der Waals surface area contributed by atoms with Gasteiger partial charge >= 0.3 is 0 Å². The summed E-state index contributed by atoms with van der Waals surface area (Å²) in [5, 5.41) is 0.918. The fourth-order valence-electron chi connectivity index (χ4n) is 3.14. The lowest BCUT2D eigenvalue weighted by Gasteiger charge is -2.13. The number of ketones is 1. The Balaban J connectivity index is 1.77. The summed E-state index contributed by atoms with van der Waals surface area (Å²) >= 11 is 1.21. The molecular weight excluding hydrogens is 398 g/mol. The number of hydrogen-bond donors (Lipinski definition) is 0. The number of methoxy groups -OCH3 is 1. The molecule has 0 aliphatic carbocycles. The molecule has 0 unspecified atom stereocenters. The maximum Gasteiger partial charge on any atom is 0.267 e. The normalized spacial score (nSPS) is 10.9. The number of rotatable bonds is 6. The van der Waals surface area contributed by atoms with Crippen LogP contribution in [-0.2, 0) is 0 Å². The Bertz CT molecular complexity index is 1300. The Morgan fingerprint density at radius 3 is 2.67 bits per heavy atom. The monoisotopic (exact) mass is 417 g/mol. The first kappa shape index (κ1) is 19.8. The van der Waals surface area contributed by atoms with Crippen LogP contribution < -0.4 is 10.3 Å². The molecule has 0 radical (unpaired) electrons. The first-order valence-corrected chi connectivity index (χ1v) is 10.3. The van der Waals surface area contributed by atoms with E-state index in [0.717, 1.165) is 5.56 Å². The second-order valence-corrected chi connectivity index (χ2v) is 7.60. The fourth-order valence-corrected chi connectivity index (χ4v) is 4.02. The molecule has 4 rings (SSSR count). The molecule has 0 saturated heterocycles. The number of hydrogen-bond acceptors (Lipinski definition) is 6. The lowest BCUT2D eigenvalue weighted by Crippen LogP contribution is -2.23. The fraction of sp³-hybridized carbons (Fsp3) is 0.130. The number of aromatic nitrogens is 3. The summed E-state index contributed by atoms with van der Waals surface area (Å²) in [5.74, 6) is 0.998. The van der Waals surface area contributed by atoms with Crippen LogP contribution >= 0.6 is 11.8 Å². The quantitative estimate of drug-likeness (QED) is 0.267. The zero-order chi connectivity index (χ0) is 21.1. The summed E-state index contributed by atoms with van der Waals surface area (Å²) < 4.78 is 6.76. The van der Waals surface area contributed by atoms with Gasteiger partial charge in [0.25, 0.3) is 5.56 Å². The molecule has 0 amide bonds. The van der Waals surface area contributed by atoms with Gasteiger partial charge in [-0.3, -0.25) is 9.59 Å². The number of benzene rings is 2. The molecule has 0 atom stereocenters. The number of carbonyl (C=O) groups is 1. The molecule has 4 aromatic rings. The van der Waals surface area contributed by atoms with Crippen LogP contribution in [0.4, 0.5) is 0 Å². The summed E-state index contributed by atoms with van der Waals surface area (Å²) in [6.45, 7) is 1.93. The Morgan fingerprint density at radius 2 is 1.87 bits per heavy atom. The maximum atomic E-state index is 13.2. The Labute approximate surface area is 177 Å². The summed E-state index contributed by atoms with van der Waals surface area (Å²) in [4.78, 5) is 35.1. The van der Waals surface area contributed by atoms with E-state index in [-0.39, 0.29) is 17.1 Å². The topological polar surface area (TPSA) is 74.1 Å². The van der Waals surface area contributed by atoms with Crippen LogP contribution in [0.15, 0.2) is 76.8 Å². The van der Waals surface area contributed by atoms with Gasteiger partial charge in [-0.1, -0.05) is 36.0 Å². The molecule has 2 aromatic heterocycles. The van der Waals surface area contributed by atoms with Gasteiger partial charge < -0.3 is 4.74 Å². The van der Waals surface area contributed by atoms with Crippen molar-refractivity contribution in [1.82, 2.24) is 14.5 Å². The van der Waals surface area contributed by atoms with E-state index >= 15 is 0 Å². The average molecular weight is 417 g/mol. The number of fused-ring (bicyclic) bond motifs is 1. The van der Waals surface area contributed by atoms with Crippen molar-refractivity contribution >= 4 is 28.4 Å². The highest BCUT2D eigenvalue weighted by Gasteiger charge is 2.17. The number of aryl methyl sites for hydroxylation is 1. The van der Waals surface area contributed by atoms with Crippen LogP contribution in [0.25, 0.3) is 16.7 Å². The molecule has 7 heteroatoms. The minimum absolute atomic E-state index is 0.108. The Kier molecular flexibility index (Phi) is 5.63. The van der Waals surface area contributed by atoms with Crippen LogP contribution in [0.2, 0.25) is 0 Å². The number of thioether (sulfide) groups is 1. The highest BCUT2D eigenvalue weighted by atomic mass is 32.2. The molecule has 0 saturated carbocycles. The summed E-state index contributed by atoms with van der Waals surface area (Å²) in [6.07, 6.45) is 1.65. The number of ether oxygens (including phenoxy) is 1. The van der Waals surface area contributed by atoms with Gasteiger partial charge in [0.2, 0.25) is 0 Å². The molecule has 30 heavy (non-hydrogen) atoms. The number of Topliss-reactive ketones (excluding diaryl/α,β-unsaturated/α-hetero) is 1. The molecule has 0 bridgehead atoms. The van der Waals surface area contributed by atoms with Gasteiger partial charge in [0.05, 0.1) is 29.3 Å². The SMILES string of the molecule is COc1ccccc1C(=O)CSc1nc2ccccc2c(=O)n1-c1cc(C)ccn1. The standard InChI is InChI=1S/C23H19N3O3S/c1-15-11-12-24-21(13-15)26-22(28)16-7-3-5-9-18(16)25-23(26)30-14-19(27)17-8-4-6-10-20(17)29-2/h3-13H,14H2,1-2H3. The number of nitrogens with zero attached hydrogens (tertiary/aromatic N) is 3. The lowest BCUT2D eigenvalue weighted by molar-refractivity contribution is 0.101. The highest BCUT2D eigenvalue weighted by molar-refractivity contribution is 7.99. The van der Waals surface area contributed by atoms with Crippen molar-refractivity contribution in [1.29, 1.82) is 0 Å². The molecule has 6 nitrogen and oxygen atoms in total. The van der Waals surface area contributed by atoms with E-state index < -0.39 is 0 Å². The van der Waals surface area contributed by atoms with Gasteiger partial charge in [-0.2, -0.15) is 0 Å². The first-order valence-electron chi connectivity index (χ1n) is 9.32. The van der Waals surface area contributed by atoms with Gasteiger partial charge in [0, 0.05) is 6.20 Å². The van der Waals surface area contributed by atoms with E-state index in [1.807, 2.05) is 31.2 Å². The second-order valence-electron chi connectivity index (χ2n) is 6.66. The van der Waals surface area contributed by atoms with Crippen molar-refractivity contribution < 1.29 is 9.53 Å². The molecule has 2 aromatic carbocycles.